The molecule has 1 rings (SSSR count). The molecule has 5 heteroatoms. The van der Waals surface area contributed by atoms with Crippen molar-refractivity contribution in [3.8, 4) is 0 Å². The van der Waals surface area contributed by atoms with E-state index in [2.05, 4.69) is 6.92 Å². The maximum absolute atomic E-state index is 4.81. The summed E-state index contributed by atoms with van der Waals surface area (Å²) in [6, 6.07) is 0. The smallest absolute Gasteiger partial charge is 0 e. The first-order valence-corrected chi connectivity index (χ1v) is 10.2. The van der Waals surface area contributed by atoms with E-state index in [0.717, 1.165) is 5.66 Å². The van der Waals surface area contributed by atoms with Crippen LogP contribution in [0.5, 0.6) is 0 Å². The Labute approximate surface area is 117 Å². The van der Waals surface area contributed by atoms with Gasteiger partial charge in [0, 0.05) is 17.1 Å². The topological polar surface area (TPSA) is 0 Å². The molecule has 1 fully saturated rings. The minimum atomic E-state index is -0.106. The van der Waals surface area contributed by atoms with Crippen molar-refractivity contribution >= 4 is 27.6 Å². The summed E-state index contributed by atoms with van der Waals surface area (Å²) >= 11 is -0.106. The van der Waals surface area contributed by atoms with Gasteiger partial charge in [-0.3, -0.25) is 0 Å². The van der Waals surface area contributed by atoms with Crippen molar-refractivity contribution in [3.05, 3.63) is 0 Å². The van der Waals surface area contributed by atoms with E-state index in [1.54, 1.807) is 12.8 Å². The van der Waals surface area contributed by atoms with Crippen LogP contribution in [0.25, 0.3) is 0 Å². The van der Waals surface area contributed by atoms with Crippen LogP contribution in [0.4, 0.5) is 0 Å². The quantitative estimate of drug-likeness (QED) is 0.368. The van der Waals surface area contributed by atoms with Gasteiger partial charge in [-0.15, -0.1) is 8.58 Å². The van der Waals surface area contributed by atoms with E-state index < -0.39 is 0 Å². The van der Waals surface area contributed by atoms with Crippen LogP contribution in [0, 0.1) is 0 Å². The maximum atomic E-state index is 4.81. The van der Waals surface area contributed by atoms with Crippen molar-refractivity contribution in [2.75, 3.05) is 6.16 Å². The third-order valence-electron chi connectivity index (χ3n) is 2.32. The fourth-order valence-corrected chi connectivity index (χ4v) is 3.40. The second-order valence-electron chi connectivity index (χ2n) is 3.33. The molecule has 0 nitrogen and oxygen atoms in total. The predicted octanol–water partition coefficient (Wildman–Crippen LogP) is 4.78. The fraction of sp³-hybridized carbons (Fsp3) is 1.00. The Balaban J connectivity index is 0. The van der Waals surface area contributed by atoms with Crippen LogP contribution in [-0.4, -0.2) is 11.8 Å². The molecule has 0 aromatic rings. The molecule has 0 aliphatic heterocycles. The van der Waals surface area contributed by atoms with E-state index >= 15 is 0 Å². The van der Waals surface area contributed by atoms with Crippen LogP contribution >= 0.6 is 27.6 Å². The summed E-state index contributed by atoms with van der Waals surface area (Å²) in [5.41, 5.74) is 1.14. The second kappa shape index (κ2) is 15.2. The van der Waals surface area contributed by atoms with Crippen LogP contribution in [-0.2, 0) is 33.0 Å². The summed E-state index contributed by atoms with van der Waals surface area (Å²) < 4.78 is 0. The minimum absolute atomic E-state index is 0. The monoisotopic (exact) mass is 390 g/mol. The third-order valence-corrected chi connectivity index (χ3v) is 4.12. The van der Waals surface area contributed by atoms with E-state index in [0.29, 0.717) is 0 Å². The first-order valence-electron chi connectivity index (χ1n) is 4.90. The van der Waals surface area contributed by atoms with Gasteiger partial charge < -0.3 is 0 Å². The molecule has 1 aliphatic carbocycles. The fourth-order valence-electron chi connectivity index (χ4n) is 1.61. The Kier molecular flexibility index (Phi) is 20.1. The van der Waals surface area contributed by atoms with Crippen molar-refractivity contribution < 1.29 is 33.0 Å². The molecule has 0 bridgehead atoms. The molecule has 1 aliphatic rings. The van der Waals surface area contributed by atoms with Gasteiger partial charge in [-0.25, -0.2) is 0 Å². The Morgan fingerprint density at radius 1 is 1.29 bits per heavy atom. The molecule has 1 saturated carbocycles. The van der Waals surface area contributed by atoms with Gasteiger partial charge >= 0.3 is 35.0 Å². The van der Waals surface area contributed by atoms with Crippen LogP contribution in [0.1, 0.15) is 45.4 Å². The normalized spacial score (nSPS) is 16.8. The zero-order chi connectivity index (χ0) is 9.94. The summed E-state index contributed by atoms with van der Waals surface area (Å²) in [7, 11) is 10.9. The molecule has 1 unspecified atom stereocenters. The van der Waals surface area contributed by atoms with Gasteiger partial charge in [-0.2, -0.15) is 0 Å². The largest absolute Gasteiger partial charge is 0 e. The summed E-state index contributed by atoms with van der Waals surface area (Å²) in [5.74, 6) is 0. The van der Waals surface area contributed by atoms with Gasteiger partial charge in [0.15, 0.2) is 0 Å². The summed E-state index contributed by atoms with van der Waals surface area (Å²) in [6.45, 7) is 2.29. The standard InChI is InChI=1S/C9H19P.2ClH.Fe.Pd/c1-2-3-8-10-9-6-4-5-7-9;;;;/h9-10H,2-8H2,1H3;2*1H;;/q;;;;+2/p-2. The minimum Gasteiger partial charge on any atom is 0 e. The van der Waals surface area contributed by atoms with E-state index in [-0.39, 0.29) is 33.0 Å². The molecule has 0 spiro atoms. The summed E-state index contributed by atoms with van der Waals surface area (Å²) in [6.07, 6.45) is 10.5. The number of halogens is 2. The van der Waals surface area contributed by atoms with E-state index in [1.165, 1.54) is 40.4 Å². The van der Waals surface area contributed by atoms with Gasteiger partial charge in [0.05, 0.1) is 0 Å². The van der Waals surface area contributed by atoms with Crippen LogP contribution < -0.4 is 0 Å². The van der Waals surface area contributed by atoms with E-state index in [4.69, 9.17) is 19.1 Å². The molecule has 14 heavy (non-hydrogen) atoms. The Morgan fingerprint density at radius 2 is 1.79 bits per heavy atom. The van der Waals surface area contributed by atoms with Crippen molar-refractivity contribution in [1.82, 2.24) is 0 Å². The SMILES string of the molecule is CCCCPC1CCCC1.[Cl][Pd][Cl].[Fe]. The Hall–Kier alpha value is 2.19. The molecule has 0 amide bonds. The van der Waals surface area contributed by atoms with Crippen molar-refractivity contribution in [3.63, 3.8) is 0 Å². The predicted molar refractivity (Wildman–Crippen MR) is 62.1 cm³/mol. The Morgan fingerprint density at radius 3 is 2.21 bits per heavy atom. The van der Waals surface area contributed by atoms with E-state index in [9.17, 15) is 0 Å². The number of hydrogen-bond acceptors (Lipinski definition) is 0. The summed E-state index contributed by atoms with van der Waals surface area (Å²) in [5, 5.41) is 0. The first-order chi connectivity index (χ1) is 6.35. The van der Waals surface area contributed by atoms with Gasteiger partial charge in [0.1, 0.15) is 0 Å². The molecular formula is C9H19Cl2FePPd. The number of unbranched alkanes of at least 4 members (excludes halogenated alkanes) is 1. The Bertz CT molecular complexity index is 103. The average molecular weight is 391 g/mol. The summed E-state index contributed by atoms with van der Waals surface area (Å²) in [4.78, 5) is 0. The molecule has 92 valence electrons. The molecule has 0 radical (unpaired) electrons. The molecule has 1 atom stereocenters. The average Bonchev–Trinajstić information content (AvgIpc) is 2.59. The van der Waals surface area contributed by atoms with Crippen molar-refractivity contribution in [2.24, 2.45) is 0 Å². The van der Waals surface area contributed by atoms with Gasteiger partial charge in [0.25, 0.3) is 0 Å². The molecule has 0 saturated heterocycles. The zero-order valence-corrected chi connectivity index (χ0v) is 13.6. The van der Waals surface area contributed by atoms with Gasteiger partial charge in [-0.05, 0) is 31.1 Å². The van der Waals surface area contributed by atoms with Crippen molar-refractivity contribution in [2.45, 2.75) is 51.1 Å². The first kappa shape index (κ1) is 18.6. The number of rotatable bonds is 4. The number of hydrogen-bond donors (Lipinski definition) is 0. The van der Waals surface area contributed by atoms with E-state index in [1.807, 2.05) is 0 Å². The second-order valence-corrected chi connectivity index (χ2v) is 7.42. The molecule has 0 N–H and O–H groups in total. The third kappa shape index (κ3) is 12.3. The zero-order valence-electron chi connectivity index (χ0n) is 8.45. The van der Waals surface area contributed by atoms with Gasteiger partial charge in [-0.1, -0.05) is 26.2 Å². The van der Waals surface area contributed by atoms with Crippen molar-refractivity contribution in [1.29, 1.82) is 0 Å². The van der Waals surface area contributed by atoms with Gasteiger partial charge in [0.2, 0.25) is 0 Å². The molecule has 0 aromatic heterocycles. The molecular weight excluding hydrogens is 372 g/mol. The van der Waals surface area contributed by atoms with Crippen LogP contribution in [0.15, 0.2) is 0 Å². The van der Waals surface area contributed by atoms with Crippen LogP contribution in [0.3, 0.4) is 0 Å². The van der Waals surface area contributed by atoms with Crippen LogP contribution in [0.2, 0.25) is 0 Å². The molecule has 0 aromatic carbocycles. The maximum Gasteiger partial charge on any atom is 0 e. The molecule has 0 heterocycles.